The van der Waals surface area contributed by atoms with Crippen molar-refractivity contribution in [1.82, 2.24) is 4.98 Å². The van der Waals surface area contributed by atoms with E-state index in [0.717, 1.165) is 28.6 Å². The monoisotopic (exact) mass is 333 g/mol. The summed E-state index contributed by atoms with van der Waals surface area (Å²) < 4.78 is 43.6. The second-order valence-electron chi connectivity index (χ2n) is 5.33. The van der Waals surface area contributed by atoms with E-state index < -0.39 is 23.5 Å². The first-order chi connectivity index (χ1) is 11.4. The van der Waals surface area contributed by atoms with Crippen molar-refractivity contribution < 1.29 is 22.7 Å². The van der Waals surface area contributed by atoms with Crippen molar-refractivity contribution in [3.05, 3.63) is 65.9 Å². The molecule has 0 radical (unpaired) electrons. The van der Waals surface area contributed by atoms with Crippen molar-refractivity contribution in [2.75, 3.05) is 0 Å². The first-order valence-corrected chi connectivity index (χ1v) is 7.37. The minimum Gasteiger partial charge on any atom is -0.426 e. The fourth-order valence-corrected chi connectivity index (χ4v) is 2.54. The molecule has 24 heavy (non-hydrogen) atoms. The summed E-state index contributed by atoms with van der Waals surface area (Å²) in [5.41, 5.74) is 0.917. The average molecular weight is 333 g/mol. The Bertz CT molecular complexity index is 868. The average Bonchev–Trinajstić information content (AvgIpc) is 2.96. The van der Waals surface area contributed by atoms with Crippen LogP contribution in [0.5, 0.6) is 5.75 Å². The lowest BCUT2D eigenvalue weighted by Crippen LogP contribution is -2.14. The Morgan fingerprint density at radius 1 is 1.04 bits per heavy atom. The fraction of sp³-hybridized carbons (Fsp3) is 0.167. The summed E-state index contributed by atoms with van der Waals surface area (Å²) in [7, 11) is 0. The summed E-state index contributed by atoms with van der Waals surface area (Å²) in [4.78, 5) is 15.0. The molecule has 3 aromatic rings. The number of esters is 1. The van der Waals surface area contributed by atoms with Crippen LogP contribution in [-0.2, 0) is 17.4 Å². The minimum absolute atomic E-state index is 0.00591. The normalized spacial score (nSPS) is 11.6. The molecule has 6 heteroatoms. The van der Waals surface area contributed by atoms with Crippen LogP contribution in [0.25, 0.3) is 10.9 Å². The smallest absolute Gasteiger partial charge is 0.419 e. The molecule has 1 heterocycles. The molecule has 124 valence electrons. The fourth-order valence-electron chi connectivity index (χ4n) is 2.54. The van der Waals surface area contributed by atoms with Crippen LogP contribution in [0.15, 0.2) is 54.7 Å². The third-order valence-corrected chi connectivity index (χ3v) is 3.69. The molecule has 1 N–H and O–H groups in total. The summed E-state index contributed by atoms with van der Waals surface area (Å²) >= 11 is 0. The molecule has 0 saturated heterocycles. The first kappa shape index (κ1) is 16.1. The van der Waals surface area contributed by atoms with Crippen molar-refractivity contribution in [2.24, 2.45) is 0 Å². The highest BCUT2D eigenvalue weighted by Gasteiger charge is 2.34. The Morgan fingerprint density at radius 3 is 2.54 bits per heavy atom. The van der Waals surface area contributed by atoms with Gasteiger partial charge in [-0.05, 0) is 30.2 Å². The van der Waals surface area contributed by atoms with Crippen molar-refractivity contribution in [2.45, 2.75) is 19.0 Å². The van der Waals surface area contributed by atoms with Gasteiger partial charge in [0.15, 0.2) is 0 Å². The zero-order chi connectivity index (χ0) is 17.2. The zero-order valence-corrected chi connectivity index (χ0v) is 12.6. The largest absolute Gasteiger partial charge is 0.426 e. The predicted molar refractivity (Wildman–Crippen MR) is 83.7 cm³/mol. The number of hydrogen-bond donors (Lipinski definition) is 1. The zero-order valence-electron chi connectivity index (χ0n) is 12.6. The Labute approximate surface area is 136 Å². The number of alkyl halides is 3. The molecule has 0 aliphatic heterocycles. The van der Waals surface area contributed by atoms with Gasteiger partial charge >= 0.3 is 12.1 Å². The molecule has 0 spiro atoms. The highest BCUT2D eigenvalue weighted by Crippen LogP contribution is 2.36. The number of fused-ring (bicyclic) bond motifs is 1. The molecule has 0 atom stereocenters. The van der Waals surface area contributed by atoms with Gasteiger partial charge in [-0.15, -0.1) is 0 Å². The number of carbonyl (C=O) groups excluding carboxylic acids is 1. The van der Waals surface area contributed by atoms with Gasteiger partial charge < -0.3 is 9.72 Å². The van der Waals surface area contributed by atoms with Crippen LogP contribution in [0.4, 0.5) is 13.2 Å². The van der Waals surface area contributed by atoms with Gasteiger partial charge in [0, 0.05) is 17.1 Å². The van der Waals surface area contributed by atoms with Gasteiger partial charge in [-0.2, -0.15) is 13.2 Å². The summed E-state index contributed by atoms with van der Waals surface area (Å²) in [6.45, 7) is 0. The van der Waals surface area contributed by atoms with Gasteiger partial charge in [0.1, 0.15) is 5.75 Å². The predicted octanol–water partition coefficient (Wildman–Crippen LogP) is 4.72. The van der Waals surface area contributed by atoms with Gasteiger partial charge in [-0.1, -0.05) is 30.3 Å². The maximum absolute atomic E-state index is 12.9. The molecule has 3 rings (SSSR count). The van der Waals surface area contributed by atoms with Crippen LogP contribution in [0.3, 0.4) is 0 Å². The molecular formula is C18H14F3NO2. The number of aryl methyl sites for hydroxylation is 1. The Morgan fingerprint density at radius 2 is 1.75 bits per heavy atom. The lowest BCUT2D eigenvalue weighted by Gasteiger charge is -2.12. The van der Waals surface area contributed by atoms with E-state index in [2.05, 4.69) is 4.98 Å². The molecule has 0 saturated carbocycles. The number of halogens is 3. The first-order valence-electron chi connectivity index (χ1n) is 7.37. The second-order valence-corrected chi connectivity index (χ2v) is 5.33. The SMILES string of the molecule is O=C(CCc1c[nH]c2ccccc12)Oc1ccccc1C(F)(F)F. The van der Waals surface area contributed by atoms with Gasteiger partial charge in [0.2, 0.25) is 0 Å². The summed E-state index contributed by atoms with van der Waals surface area (Å²) in [5, 5.41) is 0.987. The third-order valence-electron chi connectivity index (χ3n) is 3.69. The number of benzene rings is 2. The highest BCUT2D eigenvalue weighted by atomic mass is 19.4. The lowest BCUT2D eigenvalue weighted by atomic mass is 10.1. The third kappa shape index (κ3) is 3.42. The minimum atomic E-state index is -4.56. The number of ether oxygens (including phenoxy) is 1. The quantitative estimate of drug-likeness (QED) is 0.554. The Hall–Kier alpha value is -2.76. The number of para-hydroxylation sites is 2. The number of aromatic nitrogens is 1. The summed E-state index contributed by atoms with van der Waals surface area (Å²) in [5.74, 6) is -1.16. The van der Waals surface area contributed by atoms with E-state index in [1.165, 1.54) is 12.1 Å². The molecule has 0 aliphatic carbocycles. The Balaban J connectivity index is 1.69. The number of carbonyl (C=O) groups is 1. The molecule has 2 aromatic carbocycles. The van der Waals surface area contributed by atoms with E-state index in [1.807, 2.05) is 24.3 Å². The van der Waals surface area contributed by atoms with E-state index >= 15 is 0 Å². The van der Waals surface area contributed by atoms with Crippen LogP contribution in [0.1, 0.15) is 17.5 Å². The van der Waals surface area contributed by atoms with Crippen LogP contribution in [0, 0.1) is 0 Å². The van der Waals surface area contributed by atoms with Crippen LogP contribution < -0.4 is 4.74 Å². The lowest BCUT2D eigenvalue weighted by molar-refractivity contribution is -0.142. The molecule has 1 aromatic heterocycles. The second kappa shape index (κ2) is 6.39. The summed E-state index contributed by atoms with van der Waals surface area (Å²) in [6, 6.07) is 12.3. The topological polar surface area (TPSA) is 42.1 Å². The van der Waals surface area contributed by atoms with Crippen LogP contribution in [-0.4, -0.2) is 11.0 Å². The molecule has 0 unspecified atom stereocenters. The van der Waals surface area contributed by atoms with Crippen LogP contribution in [0.2, 0.25) is 0 Å². The van der Waals surface area contributed by atoms with E-state index in [0.29, 0.717) is 6.42 Å². The number of H-pyrrole nitrogens is 1. The Kier molecular flexibility index (Phi) is 4.29. The van der Waals surface area contributed by atoms with Crippen LogP contribution >= 0.6 is 0 Å². The number of nitrogens with one attached hydrogen (secondary N) is 1. The number of hydrogen-bond acceptors (Lipinski definition) is 2. The van der Waals surface area contributed by atoms with Crippen molar-refractivity contribution >= 4 is 16.9 Å². The summed E-state index contributed by atoms with van der Waals surface area (Å²) in [6.07, 6.45) is -2.39. The van der Waals surface area contributed by atoms with Crippen molar-refractivity contribution in [3.8, 4) is 5.75 Å². The van der Waals surface area contributed by atoms with E-state index in [4.69, 9.17) is 4.74 Å². The van der Waals surface area contributed by atoms with Gasteiger partial charge in [-0.25, -0.2) is 0 Å². The molecule has 0 fully saturated rings. The van der Waals surface area contributed by atoms with Gasteiger partial charge in [0.25, 0.3) is 0 Å². The van der Waals surface area contributed by atoms with E-state index in [9.17, 15) is 18.0 Å². The standard InChI is InChI=1S/C18H14F3NO2/c19-18(20,21)14-6-2-4-8-16(14)24-17(23)10-9-12-11-22-15-7-3-1-5-13(12)15/h1-8,11,22H,9-10H2. The molecular weight excluding hydrogens is 319 g/mol. The number of rotatable bonds is 4. The van der Waals surface area contributed by atoms with Gasteiger partial charge in [-0.3, -0.25) is 4.79 Å². The molecule has 3 nitrogen and oxygen atoms in total. The molecule has 0 aliphatic rings. The molecule has 0 amide bonds. The molecule has 0 bridgehead atoms. The van der Waals surface area contributed by atoms with E-state index in [-0.39, 0.29) is 6.42 Å². The highest BCUT2D eigenvalue weighted by molar-refractivity contribution is 5.83. The van der Waals surface area contributed by atoms with Crippen molar-refractivity contribution in [1.29, 1.82) is 0 Å². The maximum Gasteiger partial charge on any atom is 0.419 e. The van der Waals surface area contributed by atoms with Gasteiger partial charge in [0.05, 0.1) is 12.0 Å². The maximum atomic E-state index is 12.9. The van der Waals surface area contributed by atoms with Crippen molar-refractivity contribution in [3.63, 3.8) is 0 Å². The van der Waals surface area contributed by atoms with E-state index in [1.54, 1.807) is 6.20 Å². The number of aromatic amines is 1.